The van der Waals surface area contributed by atoms with Gasteiger partial charge in [-0.3, -0.25) is 9.69 Å². The number of benzene rings is 1. The average molecular weight is 356 g/mol. The maximum Gasteiger partial charge on any atom is 0.373 e. The van der Waals surface area contributed by atoms with Crippen LogP contribution in [0.2, 0.25) is 0 Å². The van der Waals surface area contributed by atoms with Crippen molar-refractivity contribution in [2.75, 3.05) is 38.2 Å². The zero-order chi connectivity index (χ0) is 18.7. The van der Waals surface area contributed by atoms with Gasteiger partial charge in [-0.1, -0.05) is 0 Å². The van der Waals surface area contributed by atoms with Gasteiger partial charge in [0.2, 0.25) is 5.76 Å². The lowest BCUT2D eigenvalue weighted by Gasteiger charge is -2.38. The van der Waals surface area contributed by atoms with Gasteiger partial charge in [-0.15, -0.1) is 0 Å². The monoisotopic (exact) mass is 356 g/mol. The number of rotatable bonds is 5. The first-order valence-electron chi connectivity index (χ1n) is 8.77. The lowest BCUT2D eigenvalue weighted by Crippen LogP contribution is -2.47. The van der Waals surface area contributed by atoms with E-state index in [0.717, 1.165) is 43.2 Å². The second-order valence-electron chi connectivity index (χ2n) is 6.50. The number of methoxy groups -OCH3 is 1. The highest BCUT2D eigenvalue weighted by molar-refractivity contribution is 5.94. The van der Waals surface area contributed by atoms with Crippen molar-refractivity contribution in [1.82, 2.24) is 4.90 Å². The van der Waals surface area contributed by atoms with Crippen LogP contribution in [-0.2, 0) is 4.74 Å². The Hall–Kier alpha value is -2.60. The molecule has 1 aromatic heterocycles. The largest absolute Gasteiger partial charge is 0.463 e. The summed E-state index contributed by atoms with van der Waals surface area (Å²) >= 11 is 0. The predicted octanol–water partition coefficient (Wildman–Crippen LogP) is 3.15. The van der Waals surface area contributed by atoms with Gasteiger partial charge in [0.05, 0.1) is 13.2 Å². The van der Waals surface area contributed by atoms with Crippen LogP contribution in [0.15, 0.2) is 40.8 Å². The molecule has 0 amide bonds. The number of piperazine rings is 1. The fourth-order valence-electron chi connectivity index (χ4n) is 3.24. The van der Waals surface area contributed by atoms with E-state index in [0.29, 0.717) is 0 Å². The number of hydrogen-bond donors (Lipinski definition) is 0. The summed E-state index contributed by atoms with van der Waals surface area (Å²) in [5.41, 5.74) is 1.87. The molecule has 1 atom stereocenters. The third kappa shape index (κ3) is 3.80. The smallest absolute Gasteiger partial charge is 0.373 e. The fraction of sp³-hybridized carbons (Fsp3) is 0.400. The molecule has 1 aliphatic heterocycles. The molecule has 6 heteroatoms. The van der Waals surface area contributed by atoms with Crippen LogP contribution in [0, 0.1) is 0 Å². The molecule has 6 nitrogen and oxygen atoms in total. The first kappa shape index (κ1) is 18.2. The Balaban J connectivity index is 1.60. The van der Waals surface area contributed by atoms with Gasteiger partial charge in [-0.05, 0) is 50.2 Å². The highest BCUT2D eigenvalue weighted by atomic mass is 16.5. The van der Waals surface area contributed by atoms with Gasteiger partial charge < -0.3 is 14.1 Å². The molecule has 3 rings (SSSR count). The fourth-order valence-corrected chi connectivity index (χ4v) is 3.24. The van der Waals surface area contributed by atoms with Gasteiger partial charge >= 0.3 is 5.97 Å². The van der Waals surface area contributed by atoms with E-state index in [4.69, 9.17) is 4.42 Å². The molecule has 1 aliphatic rings. The number of carbonyl (C=O) groups excluding carboxylic acids is 2. The van der Waals surface area contributed by atoms with Crippen LogP contribution < -0.4 is 4.90 Å². The van der Waals surface area contributed by atoms with Crippen molar-refractivity contribution in [3.05, 3.63) is 53.5 Å². The second kappa shape index (κ2) is 7.74. The van der Waals surface area contributed by atoms with Crippen LogP contribution in [0.4, 0.5) is 5.69 Å². The van der Waals surface area contributed by atoms with E-state index in [2.05, 4.69) is 21.5 Å². The predicted molar refractivity (Wildman–Crippen MR) is 98.7 cm³/mol. The maximum atomic E-state index is 11.5. The van der Waals surface area contributed by atoms with Crippen molar-refractivity contribution in [3.63, 3.8) is 0 Å². The first-order chi connectivity index (χ1) is 12.5. The molecule has 1 fully saturated rings. The molecule has 26 heavy (non-hydrogen) atoms. The van der Waals surface area contributed by atoms with E-state index < -0.39 is 5.97 Å². The molecule has 0 bridgehead atoms. The molecule has 0 N–H and O–H groups in total. The number of anilines is 1. The summed E-state index contributed by atoms with van der Waals surface area (Å²) in [4.78, 5) is 27.6. The third-order valence-corrected chi connectivity index (χ3v) is 4.93. The molecular formula is C20H24N2O4. The summed E-state index contributed by atoms with van der Waals surface area (Å²) in [5, 5.41) is 0. The topological polar surface area (TPSA) is 63.0 Å². The van der Waals surface area contributed by atoms with E-state index >= 15 is 0 Å². The summed E-state index contributed by atoms with van der Waals surface area (Å²) in [5.74, 6) is 0.630. The number of hydrogen-bond acceptors (Lipinski definition) is 6. The number of esters is 1. The Morgan fingerprint density at radius 3 is 2.27 bits per heavy atom. The van der Waals surface area contributed by atoms with Gasteiger partial charge in [-0.25, -0.2) is 4.79 Å². The highest BCUT2D eigenvalue weighted by Gasteiger charge is 2.25. The minimum absolute atomic E-state index is 0.0833. The zero-order valence-electron chi connectivity index (χ0n) is 15.4. The van der Waals surface area contributed by atoms with Gasteiger partial charge in [0.1, 0.15) is 5.76 Å². The Kier molecular flexibility index (Phi) is 5.42. The van der Waals surface area contributed by atoms with Crippen molar-refractivity contribution in [2.45, 2.75) is 19.9 Å². The molecule has 1 aromatic carbocycles. The molecule has 2 heterocycles. The lowest BCUT2D eigenvalue weighted by atomic mass is 10.1. The van der Waals surface area contributed by atoms with E-state index in [1.54, 1.807) is 13.0 Å². The van der Waals surface area contributed by atoms with E-state index in [9.17, 15) is 9.59 Å². The van der Waals surface area contributed by atoms with Crippen LogP contribution in [0.1, 0.15) is 46.6 Å². The standard InChI is InChI=1S/C20H24N2O4/c1-14(18-8-9-19(26-18)20(24)25-3)21-10-12-22(13-11-21)17-6-4-16(5-7-17)15(2)23/h4-9,14H,10-13H2,1-3H3/t14-/m1/s1. The van der Waals surface area contributed by atoms with Crippen molar-refractivity contribution in [1.29, 1.82) is 0 Å². The van der Waals surface area contributed by atoms with Gasteiger partial charge in [0.15, 0.2) is 5.78 Å². The third-order valence-electron chi connectivity index (χ3n) is 4.93. The molecule has 0 unspecified atom stereocenters. The Labute approximate surface area is 153 Å². The van der Waals surface area contributed by atoms with E-state index in [1.165, 1.54) is 7.11 Å². The number of furan rings is 1. The maximum absolute atomic E-state index is 11.5. The molecule has 1 saturated heterocycles. The number of nitrogens with zero attached hydrogens (tertiary/aromatic N) is 2. The quantitative estimate of drug-likeness (QED) is 0.606. The number of Topliss-reactive ketones (excluding diaryl/α,β-unsaturated/α-hetero) is 1. The summed E-state index contributed by atoms with van der Waals surface area (Å²) in [7, 11) is 1.34. The molecule has 0 saturated carbocycles. The van der Waals surface area contributed by atoms with Crippen LogP contribution in [-0.4, -0.2) is 49.9 Å². The summed E-state index contributed by atoms with van der Waals surface area (Å²) in [6.07, 6.45) is 0. The minimum Gasteiger partial charge on any atom is -0.463 e. The van der Waals surface area contributed by atoms with Crippen molar-refractivity contribution >= 4 is 17.4 Å². The van der Waals surface area contributed by atoms with Crippen molar-refractivity contribution in [2.24, 2.45) is 0 Å². The van der Waals surface area contributed by atoms with Gasteiger partial charge in [-0.2, -0.15) is 0 Å². The summed E-state index contributed by atoms with van der Waals surface area (Å²) in [6, 6.07) is 11.4. The van der Waals surface area contributed by atoms with E-state index in [1.807, 2.05) is 30.3 Å². The Morgan fingerprint density at radius 2 is 1.69 bits per heavy atom. The van der Waals surface area contributed by atoms with E-state index in [-0.39, 0.29) is 17.6 Å². The average Bonchev–Trinajstić information content (AvgIpc) is 3.17. The van der Waals surface area contributed by atoms with Crippen molar-refractivity contribution in [3.8, 4) is 0 Å². The van der Waals surface area contributed by atoms with Crippen LogP contribution in [0.5, 0.6) is 0 Å². The Bertz CT molecular complexity index is 773. The van der Waals surface area contributed by atoms with Crippen LogP contribution in [0.3, 0.4) is 0 Å². The molecule has 0 spiro atoms. The van der Waals surface area contributed by atoms with Crippen molar-refractivity contribution < 1.29 is 18.7 Å². The number of ketones is 1. The lowest BCUT2D eigenvalue weighted by molar-refractivity contribution is 0.0558. The summed E-state index contributed by atoms with van der Waals surface area (Å²) in [6.45, 7) is 7.24. The van der Waals surface area contributed by atoms with Crippen LogP contribution >= 0.6 is 0 Å². The first-order valence-corrected chi connectivity index (χ1v) is 8.77. The second-order valence-corrected chi connectivity index (χ2v) is 6.50. The molecule has 138 valence electrons. The molecule has 0 radical (unpaired) electrons. The minimum atomic E-state index is -0.456. The number of ether oxygens (including phenoxy) is 1. The van der Waals surface area contributed by atoms with Gasteiger partial charge in [0.25, 0.3) is 0 Å². The zero-order valence-corrected chi connectivity index (χ0v) is 15.4. The molecular weight excluding hydrogens is 332 g/mol. The van der Waals surface area contributed by atoms with Crippen LogP contribution in [0.25, 0.3) is 0 Å². The highest BCUT2D eigenvalue weighted by Crippen LogP contribution is 2.25. The SMILES string of the molecule is COC(=O)c1ccc([C@@H](C)N2CCN(c3ccc(C(C)=O)cc3)CC2)o1. The summed E-state index contributed by atoms with van der Waals surface area (Å²) < 4.78 is 10.3. The number of carbonyl (C=O) groups is 2. The Morgan fingerprint density at radius 1 is 1.04 bits per heavy atom. The normalized spacial score (nSPS) is 16.3. The molecule has 2 aromatic rings. The molecule has 0 aliphatic carbocycles. The van der Waals surface area contributed by atoms with Gasteiger partial charge in [0, 0.05) is 37.4 Å².